The van der Waals surface area contributed by atoms with E-state index in [1.165, 1.54) is 6.33 Å². The topological polar surface area (TPSA) is 68.5 Å². The minimum Gasteiger partial charge on any atom is -0.308 e. The highest BCUT2D eigenvalue weighted by molar-refractivity contribution is 5.21. The molecule has 0 spiro atoms. The molecule has 6 heteroatoms. The second-order valence-electron chi connectivity index (χ2n) is 4.16. The average Bonchev–Trinajstić information content (AvgIpc) is 2.75. The molecule has 0 unspecified atom stereocenters. The molecule has 2 rings (SSSR count). The van der Waals surface area contributed by atoms with E-state index in [0.717, 1.165) is 11.5 Å². The van der Waals surface area contributed by atoms with Crippen LogP contribution in [0.2, 0.25) is 0 Å². The Balaban J connectivity index is 2.21. The third kappa shape index (κ3) is 2.85. The smallest absolute Gasteiger partial charge is 0.177 e. The van der Waals surface area contributed by atoms with E-state index < -0.39 is 0 Å². The van der Waals surface area contributed by atoms with Crippen molar-refractivity contribution in [2.75, 3.05) is 0 Å². The van der Waals surface area contributed by atoms with Crippen LogP contribution in [0.3, 0.4) is 0 Å². The summed E-state index contributed by atoms with van der Waals surface area (Å²) in [6.45, 7) is 6.74. The van der Waals surface area contributed by atoms with Crippen molar-refractivity contribution < 1.29 is 0 Å². The molecule has 0 amide bonds. The van der Waals surface area contributed by atoms with Gasteiger partial charge in [-0.15, -0.1) is 5.10 Å². The zero-order chi connectivity index (χ0) is 12.3. The summed E-state index contributed by atoms with van der Waals surface area (Å²) in [5.74, 6) is 1.52. The van der Waals surface area contributed by atoms with Gasteiger partial charge in [0.1, 0.15) is 12.2 Å². The SMILES string of the molecule is Cc1ccc(-n2ncnc2CNC(C)C)nn1. The number of aromatic nitrogens is 5. The molecule has 1 N–H and O–H groups in total. The van der Waals surface area contributed by atoms with E-state index in [2.05, 4.69) is 39.4 Å². The van der Waals surface area contributed by atoms with E-state index >= 15 is 0 Å². The highest BCUT2D eigenvalue weighted by Crippen LogP contribution is 2.04. The van der Waals surface area contributed by atoms with Gasteiger partial charge in [0.2, 0.25) is 0 Å². The molecule has 0 fully saturated rings. The number of hydrogen-bond acceptors (Lipinski definition) is 5. The normalized spacial score (nSPS) is 11.1. The monoisotopic (exact) mass is 232 g/mol. The van der Waals surface area contributed by atoms with Gasteiger partial charge in [-0.2, -0.15) is 14.9 Å². The van der Waals surface area contributed by atoms with Gasteiger partial charge in [0.15, 0.2) is 5.82 Å². The highest BCUT2D eigenvalue weighted by atomic mass is 15.4. The number of aryl methyl sites for hydroxylation is 1. The predicted octanol–water partition coefficient (Wildman–Crippen LogP) is 0.864. The molecule has 0 aliphatic rings. The molecule has 0 bridgehead atoms. The largest absolute Gasteiger partial charge is 0.308 e. The van der Waals surface area contributed by atoms with Gasteiger partial charge in [-0.3, -0.25) is 0 Å². The lowest BCUT2D eigenvalue weighted by Crippen LogP contribution is -2.24. The number of nitrogens with zero attached hydrogens (tertiary/aromatic N) is 5. The van der Waals surface area contributed by atoms with Crippen LogP contribution in [0.5, 0.6) is 0 Å². The lowest BCUT2D eigenvalue weighted by Gasteiger charge is -2.08. The van der Waals surface area contributed by atoms with Gasteiger partial charge in [-0.05, 0) is 19.1 Å². The Bertz CT molecular complexity index is 473. The molecule has 2 heterocycles. The zero-order valence-electron chi connectivity index (χ0n) is 10.3. The third-order valence-corrected chi connectivity index (χ3v) is 2.29. The van der Waals surface area contributed by atoms with Crippen molar-refractivity contribution in [1.29, 1.82) is 0 Å². The molecule has 0 saturated heterocycles. The minimum absolute atomic E-state index is 0.407. The molecule has 90 valence electrons. The zero-order valence-corrected chi connectivity index (χ0v) is 10.3. The van der Waals surface area contributed by atoms with Crippen molar-refractivity contribution in [1.82, 2.24) is 30.3 Å². The summed E-state index contributed by atoms with van der Waals surface area (Å²) in [5, 5.41) is 15.6. The molecule has 0 aromatic carbocycles. The Morgan fingerprint density at radius 1 is 1.29 bits per heavy atom. The fourth-order valence-corrected chi connectivity index (χ4v) is 1.38. The van der Waals surface area contributed by atoms with Gasteiger partial charge in [0, 0.05) is 6.04 Å². The fourth-order valence-electron chi connectivity index (χ4n) is 1.38. The predicted molar refractivity (Wildman–Crippen MR) is 63.7 cm³/mol. The van der Waals surface area contributed by atoms with E-state index in [1.807, 2.05) is 19.1 Å². The first-order valence-corrected chi connectivity index (χ1v) is 5.60. The Morgan fingerprint density at radius 2 is 2.12 bits per heavy atom. The van der Waals surface area contributed by atoms with E-state index in [-0.39, 0.29) is 0 Å². The van der Waals surface area contributed by atoms with Gasteiger partial charge < -0.3 is 5.32 Å². The Kier molecular flexibility index (Phi) is 3.43. The number of nitrogens with one attached hydrogen (secondary N) is 1. The van der Waals surface area contributed by atoms with Crippen molar-refractivity contribution in [3.8, 4) is 5.82 Å². The van der Waals surface area contributed by atoms with E-state index in [9.17, 15) is 0 Å². The standard InChI is InChI=1S/C11H16N6/c1-8(2)12-6-11-13-7-14-17(11)10-5-4-9(3)15-16-10/h4-5,7-8,12H,6H2,1-3H3. The molecule has 0 radical (unpaired) electrons. The first kappa shape index (κ1) is 11.7. The van der Waals surface area contributed by atoms with E-state index in [1.54, 1.807) is 4.68 Å². The average molecular weight is 232 g/mol. The summed E-state index contributed by atoms with van der Waals surface area (Å²) < 4.78 is 1.70. The maximum atomic E-state index is 4.21. The summed E-state index contributed by atoms with van der Waals surface area (Å²) in [6, 6.07) is 4.20. The molecule has 0 aliphatic carbocycles. The van der Waals surface area contributed by atoms with Crippen molar-refractivity contribution in [3.05, 3.63) is 30.0 Å². The molecule has 0 saturated carbocycles. The van der Waals surface area contributed by atoms with Crippen LogP contribution in [0.4, 0.5) is 0 Å². The van der Waals surface area contributed by atoms with Gasteiger partial charge in [-0.25, -0.2) is 4.98 Å². The Labute approximate surface area is 100 Å². The maximum Gasteiger partial charge on any atom is 0.177 e. The molecule has 2 aromatic heterocycles. The molecule has 6 nitrogen and oxygen atoms in total. The van der Waals surface area contributed by atoms with Crippen molar-refractivity contribution in [2.24, 2.45) is 0 Å². The van der Waals surface area contributed by atoms with Crippen LogP contribution in [0.15, 0.2) is 18.5 Å². The van der Waals surface area contributed by atoms with Crippen molar-refractivity contribution in [3.63, 3.8) is 0 Å². The van der Waals surface area contributed by atoms with Crippen LogP contribution in [0.1, 0.15) is 25.4 Å². The van der Waals surface area contributed by atoms with Crippen LogP contribution in [0.25, 0.3) is 5.82 Å². The maximum absolute atomic E-state index is 4.21. The first-order valence-electron chi connectivity index (χ1n) is 5.60. The summed E-state index contributed by atoms with van der Waals surface area (Å²) in [6.07, 6.45) is 1.53. The molecule has 17 heavy (non-hydrogen) atoms. The van der Waals surface area contributed by atoms with Crippen LogP contribution < -0.4 is 5.32 Å². The molecule has 0 aliphatic heterocycles. The minimum atomic E-state index is 0.407. The fraction of sp³-hybridized carbons (Fsp3) is 0.455. The summed E-state index contributed by atoms with van der Waals surface area (Å²) in [7, 11) is 0. The van der Waals surface area contributed by atoms with Gasteiger partial charge >= 0.3 is 0 Å². The number of rotatable bonds is 4. The van der Waals surface area contributed by atoms with Gasteiger partial charge in [0.05, 0.1) is 12.2 Å². The van der Waals surface area contributed by atoms with Gasteiger partial charge in [0.25, 0.3) is 0 Å². The molecular formula is C11H16N6. The van der Waals surface area contributed by atoms with Crippen molar-refractivity contribution >= 4 is 0 Å². The Hall–Kier alpha value is -1.82. The van der Waals surface area contributed by atoms with E-state index in [4.69, 9.17) is 0 Å². The summed E-state index contributed by atoms with van der Waals surface area (Å²) in [4.78, 5) is 4.21. The Morgan fingerprint density at radius 3 is 2.76 bits per heavy atom. The second kappa shape index (κ2) is 5.01. The second-order valence-corrected chi connectivity index (χ2v) is 4.16. The molecule has 0 atom stereocenters. The number of hydrogen-bond donors (Lipinski definition) is 1. The third-order valence-electron chi connectivity index (χ3n) is 2.29. The first-order chi connectivity index (χ1) is 8.16. The van der Waals surface area contributed by atoms with E-state index in [0.29, 0.717) is 18.4 Å². The molecule has 2 aromatic rings. The summed E-state index contributed by atoms with van der Waals surface area (Å²) in [5.41, 5.74) is 0.885. The quantitative estimate of drug-likeness (QED) is 0.847. The van der Waals surface area contributed by atoms with Crippen LogP contribution in [-0.2, 0) is 6.54 Å². The molecular weight excluding hydrogens is 216 g/mol. The van der Waals surface area contributed by atoms with Crippen LogP contribution >= 0.6 is 0 Å². The van der Waals surface area contributed by atoms with Gasteiger partial charge in [-0.1, -0.05) is 13.8 Å². The highest BCUT2D eigenvalue weighted by Gasteiger charge is 2.08. The lowest BCUT2D eigenvalue weighted by molar-refractivity contribution is 0.560. The van der Waals surface area contributed by atoms with Crippen molar-refractivity contribution in [2.45, 2.75) is 33.4 Å². The van der Waals surface area contributed by atoms with Crippen LogP contribution in [-0.4, -0.2) is 31.0 Å². The van der Waals surface area contributed by atoms with Crippen LogP contribution in [0, 0.1) is 6.92 Å². The lowest BCUT2D eigenvalue weighted by atomic mass is 10.4. The summed E-state index contributed by atoms with van der Waals surface area (Å²) >= 11 is 0.